The van der Waals surface area contributed by atoms with Crippen LogP contribution >= 0.6 is 23.4 Å². The fraction of sp³-hybridized carbons (Fsp3) is 0.217. The predicted molar refractivity (Wildman–Crippen MR) is 125 cm³/mol. The first-order chi connectivity index (χ1) is 15.3. The third-order valence-corrected chi connectivity index (χ3v) is 6.39. The molecule has 0 radical (unpaired) electrons. The SMILES string of the molecule is Cc1ccc(NC(=O)CSc2nc3nc(C)c(Cc4ccccc4F)c(C)n3n2)cc1Cl. The second-order valence-electron chi connectivity index (χ2n) is 7.44. The average molecular weight is 470 g/mol. The van der Waals surface area contributed by atoms with Crippen molar-refractivity contribution < 1.29 is 9.18 Å². The quantitative estimate of drug-likeness (QED) is 0.395. The minimum absolute atomic E-state index is 0.141. The largest absolute Gasteiger partial charge is 0.325 e. The maximum absolute atomic E-state index is 14.1. The lowest BCUT2D eigenvalue weighted by Crippen LogP contribution is -2.14. The summed E-state index contributed by atoms with van der Waals surface area (Å²) in [5.74, 6) is 0.158. The molecule has 1 amide bonds. The minimum atomic E-state index is -0.248. The van der Waals surface area contributed by atoms with Gasteiger partial charge in [0.05, 0.1) is 5.75 Å². The molecule has 2 heterocycles. The van der Waals surface area contributed by atoms with Gasteiger partial charge in [-0.05, 0) is 55.7 Å². The lowest BCUT2D eigenvalue weighted by Gasteiger charge is -2.10. The summed E-state index contributed by atoms with van der Waals surface area (Å²) in [7, 11) is 0. The van der Waals surface area contributed by atoms with E-state index in [4.69, 9.17) is 11.6 Å². The van der Waals surface area contributed by atoms with E-state index in [0.29, 0.717) is 33.6 Å². The summed E-state index contributed by atoms with van der Waals surface area (Å²) < 4.78 is 15.8. The van der Waals surface area contributed by atoms with E-state index in [0.717, 1.165) is 22.5 Å². The molecule has 0 fully saturated rings. The number of aryl methyl sites for hydroxylation is 3. The van der Waals surface area contributed by atoms with Crippen molar-refractivity contribution in [1.29, 1.82) is 0 Å². The number of fused-ring (bicyclic) bond motifs is 1. The Morgan fingerprint density at radius 2 is 1.94 bits per heavy atom. The molecule has 4 aromatic rings. The first-order valence-electron chi connectivity index (χ1n) is 9.97. The zero-order valence-electron chi connectivity index (χ0n) is 17.8. The average Bonchev–Trinajstić information content (AvgIpc) is 3.16. The Labute approximate surface area is 194 Å². The Balaban J connectivity index is 1.49. The first kappa shape index (κ1) is 22.2. The van der Waals surface area contributed by atoms with Gasteiger partial charge in [0.2, 0.25) is 11.1 Å². The van der Waals surface area contributed by atoms with Crippen LogP contribution in [0.5, 0.6) is 0 Å². The second kappa shape index (κ2) is 9.26. The number of carbonyl (C=O) groups excluding carboxylic acids is 1. The highest BCUT2D eigenvalue weighted by Gasteiger charge is 2.16. The third kappa shape index (κ3) is 4.76. The summed E-state index contributed by atoms with van der Waals surface area (Å²) in [6.07, 6.45) is 0.414. The van der Waals surface area contributed by atoms with E-state index in [1.165, 1.54) is 17.8 Å². The maximum Gasteiger partial charge on any atom is 0.253 e. The molecule has 0 aliphatic rings. The van der Waals surface area contributed by atoms with E-state index in [2.05, 4.69) is 20.4 Å². The van der Waals surface area contributed by atoms with Gasteiger partial charge in [0, 0.05) is 28.5 Å². The second-order valence-corrected chi connectivity index (χ2v) is 8.79. The summed E-state index contributed by atoms with van der Waals surface area (Å²) in [6.45, 7) is 5.69. The normalized spacial score (nSPS) is 11.2. The van der Waals surface area contributed by atoms with Crippen LogP contribution < -0.4 is 5.32 Å². The van der Waals surface area contributed by atoms with Crippen LogP contribution in [0.25, 0.3) is 5.78 Å². The minimum Gasteiger partial charge on any atom is -0.325 e. The lowest BCUT2D eigenvalue weighted by atomic mass is 10.0. The summed E-state index contributed by atoms with van der Waals surface area (Å²) in [5.41, 5.74) is 4.70. The van der Waals surface area contributed by atoms with Gasteiger partial charge < -0.3 is 5.32 Å². The van der Waals surface area contributed by atoms with Crippen LogP contribution in [-0.2, 0) is 11.2 Å². The van der Waals surface area contributed by atoms with Crippen LogP contribution in [0, 0.1) is 26.6 Å². The number of thioether (sulfide) groups is 1. The van der Waals surface area contributed by atoms with Gasteiger partial charge in [-0.1, -0.05) is 47.6 Å². The van der Waals surface area contributed by atoms with Gasteiger partial charge in [-0.25, -0.2) is 13.9 Å². The molecule has 0 unspecified atom stereocenters. The smallest absolute Gasteiger partial charge is 0.253 e. The molecule has 6 nitrogen and oxygen atoms in total. The first-order valence-corrected chi connectivity index (χ1v) is 11.3. The number of benzene rings is 2. The number of halogens is 2. The molecule has 9 heteroatoms. The summed E-state index contributed by atoms with van der Waals surface area (Å²) in [6, 6.07) is 12.1. The Bertz CT molecular complexity index is 1320. The fourth-order valence-electron chi connectivity index (χ4n) is 3.34. The number of rotatable bonds is 6. The molecule has 2 aromatic carbocycles. The molecule has 0 bridgehead atoms. The molecular weight excluding hydrogens is 449 g/mol. The van der Waals surface area contributed by atoms with Crippen LogP contribution in [0.2, 0.25) is 5.02 Å². The van der Waals surface area contributed by atoms with Crippen molar-refractivity contribution in [1.82, 2.24) is 19.6 Å². The lowest BCUT2D eigenvalue weighted by molar-refractivity contribution is -0.113. The van der Waals surface area contributed by atoms with E-state index < -0.39 is 0 Å². The van der Waals surface area contributed by atoms with Crippen molar-refractivity contribution in [3.05, 3.63) is 81.4 Å². The Morgan fingerprint density at radius 1 is 1.16 bits per heavy atom. The van der Waals surface area contributed by atoms with Crippen molar-refractivity contribution >= 4 is 40.7 Å². The molecule has 1 N–H and O–H groups in total. The van der Waals surface area contributed by atoms with E-state index in [-0.39, 0.29) is 17.5 Å². The molecule has 4 rings (SSSR count). The molecule has 0 aliphatic heterocycles. The maximum atomic E-state index is 14.1. The highest BCUT2D eigenvalue weighted by molar-refractivity contribution is 7.99. The van der Waals surface area contributed by atoms with Crippen LogP contribution in [0.4, 0.5) is 10.1 Å². The highest BCUT2D eigenvalue weighted by atomic mass is 35.5. The number of aromatic nitrogens is 4. The van der Waals surface area contributed by atoms with Crippen molar-refractivity contribution in [3.8, 4) is 0 Å². The fourth-order valence-corrected chi connectivity index (χ4v) is 4.14. The number of carbonyl (C=O) groups is 1. The summed E-state index contributed by atoms with van der Waals surface area (Å²) in [4.78, 5) is 21.3. The number of hydrogen-bond acceptors (Lipinski definition) is 5. The zero-order valence-corrected chi connectivity index (χ0v) is 19.4. The summed E-state index contributed by atoms with van der Waals surface area (Å²) >= 11 is 7.33. The van der Waals surface area contributed by atoms with Crippen molar-refractivity contribution in [2.75, 3.05) is 11.1 Å². The van der Waals surface area contributed by atoms with Crippen molar-refractivity contribution in [2.24, 2.45) is 0 Å². The third-order valence-electron chi connectivity index (χ3n) is 5.14. The Morgan fingerprint density at radius 3 is 2.69 bits per heavy atom. The molecule has 0 atom stereocenters. The van der Waals surface area contributed by atoms with Crippen LogP contribution in [0.15, 0.2) is 47.6 Å². The van der Waals surface area contributed by atoms with E-state index in [1.54, 1.807) is 28.8 Å². The Kier molecular flexibility index (Phi) is 6.43. The van der Waals surface area contributed by atoms with Crippen LogP contribution in [0.1, 0.15) is 28.1 Å². The van der Waals surface area contributed by atoms with Crippen molar-refractivity contribution in [2.45, 2.75) is 32.3 Å². The number of amides is 1. The molecule has 164 valence electrons. The molecule has 0 saturated carbocycles. The van der Waals surface area contributed by atoms with E-state index in [1.807, 2.05) is 32.9 Å². The highest BCUT2D eigenvalue weighted by Crippen LogP contribution is 2.23. The summed E-state index contributed by atoms with van der Waals surface area (Å²) in [5, 5.41) is 8.35. The standard InChI is InChI=1S/C23H21ClFN5OS/c1-13-8-9-17(11-19(13)24)27-21(31)12-32-23-28-22-26-14(2)18(15(3)30(22)29-23)10-16-6-4-5-7-20(16)25/h4-9,11H,10,12H2,1-3H3,(H,27,31). The van der Waals surface area contributed by atoms with Gasteiger partial charge in [0.15, 0.2) is 0 Å². The molecule has 0 aliphatic carbocycles. The van der Waals surface area contributed by atoms with Crippen LogP contribution in [-0.4, -0.2) is 31.2 Å². The van der Waals surface area contributed by atoms with Crippen molar-refractivity contribution in [3.63, 3.8) is 0 Å². The van der Waals surface area contributed by atoms with Gasteiger partial charge in [-0.15, -0.1) is 5.10 Å². The topological polar surface area (TPSA) is 72.2 Å². The Hall–Kier alpha value is -2.97. The van der Waals surface area contributed by atoms with Gasteiger partial charge in [-0.2, -0.15) is 4.98 Å². The number of hydrogen-bond donors (Lipinski definition) is 1. The number of nitrogens with zero attached hydrogens (tertiary/aromatic N) is 4. The van der Waals surface area contributed by atoms with Gasteiger partial charge in [0.25, 0.3) is 5.78 Å². The molecule has 32 heavy (non-hydrogen) atoms. The molecule has 0 saturated heterocycles. The van der Waals surface area contributed by atoms with E-state index >= 15 is 0 Å². The number of nitrogens with one attached hydrogen (secondary N) is 1. The predicted octanol–water partition coefficient (Wildman–Crippen LogP) is 5.16. The molecule has 2 aromatic heterocycles. The molecular formula is C23H21ClFN5OS. The zero-order chi connectivity index (χ0) is 22.8. The monoisotopic (exact) mass is 469 g/mol. The van der Waals surface area contributed by atoms with Crippen LogP contribution in [0.3, 0.4) is 0 Å². The van der Waals surface area contributed by atoms with Gasteiger partial charge in [-0.3, -0.25) is 4.79 Å². The number of anilines is 1. The van der Waals surface area contributed by atoms with Gasteiger partial charge >= 0.3 is 0 Å². The van der Waals surface area contributed by atoms with Gasteiger partial charge in [0.1, 0.15) is 5.82 Å². The van der Waals surface area contributed by atoms with E-state index in [9.17, 15) is 9.18 Å². The molecule has 0 spiro atoms.